The summed E-state index contributed by atoms with van der Waals surface area (Å²) in [4.78, 5) is 18.2. The topological polar surface area (TPSA) is 128 Å². The summed E-state index contributed by atoms with van der Waals surface area (Å²) in [6.07, 6.45) is 1.71. The van der Waals surface area contributed by atoms with Crippen molar-refractivity contribution in [2.24, 2.45) is 0 Å². The van der Waals surface area contributed by atoms with Crippen LogP contribution in [0, 0.1) is 21.4 Å². The van der Waals surface area contributed by atoms with Crippen LogP contribution in [0.2, 0.25) is 0 Å². The summed E-state index contributed by atoms with van der Waals surface area (Å²) in [5.41, 5.74) is 5.41. The van der Waals surface area contributed by atoms with E-state index in [4.69, 9.17) is 15.7 Å². The summed E-state index contributed by atoms with van der Waals surface area (Å²) in [5.74, 6) is -0.335. The van der Waals surface area contributed by atoms with E-state index in [0.717, 1.165) is 0 Å². The van der Waals surface area contributed by atoms with Crippen molar-refractivity contribution in [1.82, 2.24) is 9.97 Å². The van der Waals surface area contributed by atoms with E-state index >= 15 is 0 Å². The number of hydrogen-bond acceptors (Lipinski definition) is 8. The van der Waals surface area contributed by atoms with E-state index < -0.39 is 10.6 Å². The number of ether oxygens (including phenoxy) is 1. The molecule has 112 valence electrons. The largest absolute Gasteiger partial charge is 0.433 e. The van der Waals surface area contributed by atoms with Gasteiger partial charge in [-0.3, -0.25) is 10.1 Å². The molecule has 0 amide bonds. The maximum atomic E-state index is 11.1. The van der Waals surface area contributed by atoms with E-state index in [1.54, 1.807) is 18.4 Å². The Bertz CT molecular complexity index is 793. The summed E-state index contributed by atoms with van der Waals surface area (Å²) < 4.78 is 6.04. The van der Waals surface area contributed by atoms with Crippen LogP contribution >= 0.6 is 27.7 Å². The molecule has 0 aliphatic carbocycles. The number of nitriles is 1. The standard InChI is InChI=1S/C12H8BrN5O3S/c1-22-12-16-10(15)9(18(19)20)11(17-12)21-8-3-6(5-14)2-7(13)4-8/h2-4H,1H3,(H2,15,16,17). The van der Waals surface area contributed by atoms with Crippen LogP contribution in [0.5, 0.6) is 11.6 Å². The van der Waals surface area contributed by atoms with Crippen LogP contribution < -0.4 is 10.5 Å². The minimum absolute atomic E-state index is 0.221. The predicted molar refractivity (Wildman–Crippen MR) is 83.8 cm³/mol. The number of thioether (sulfide) groups is 1. The Morgan fingerprint density at radius 1 is 1.45 bits per heavy atom. The first kappa shape index (κ1) is 16.0. The van der Waals surface area contributed by atoms with Crippen molar-refractivity contribution in [1.29, 1.82) is 5.26 Å². The molecular formula is C12H8BrN5O3S. The molecular weight excluding hydrogens is 374 g/mol. The normalized spacial score (nSPS) is 10.0. The molecule has 1 heterocycles. The van der Waals surface area contributed by atoms with Gasteiger partial charge in [0.2, 0.25) is 5.82 Å². The maximum absolute atomic E-state index is 11.1. The third-order valence-electron chi connectivity index (χ3n) is 2.44. The van der Waals surface area contributed by atoms with Crippen LogP contribution in [-0.4, -0.2) is 21.1 Å². The minimum atomic E-state index is -0.710. The fourth-order valence-electron chi connectivity index (χ4n) is 1.56. The predicted octanol–water partition coefficient (Wildman–Crippen LogP) is 3.12. The molecule has 0 fully saturated rings. The highest BCUT2D eigenvalue weighted by Gasteiger charge is 2.25. The molecule has 2 rings (SSSR count). The summed E-state index contributed by atoms with van der Waals surface area (Å²) in [6, 6.07) is 6.54. The molecule has 2 N–H and O–H groups in total. The van der Waals surface area contributed by atoms with E-state index in [0.29, 0.717) is 10.0 Å². The lowest BCUT2D eigenvalue weighted by Crippen LogP contribution is -2.04. The Morgan fingerprint density at radius 3 is 2.77 bits per heavy atom. The third kappa shape index (κ3) is 3.44. The molecule has 8 nitrogen and oxygen atoms in total. The van der Waals surface area contributed by atoms with Crippen LogP contribution in [0.1, 0.15) is 5.56 Å². The Morgan fingerprint density at radius 2 is 2.18 bits per heavy atom. The Kier molecular flexibility index (Phi) is 4.79. The molecule has 0 saturated carbocycles. The zero-order chi connectivity index (χ0) is 16.3. The summed E-state index contributed by atoms with van der Waals surface area (Å²) in [5, 5.41) is 20.3. The van der Waals surface area contributed by atoms with Crippen molar-refractivity contribution in [2.75, 3.05) is 12.0 Å². The monoisotopic (exact) mass is 381 g/mol. The molecule has 0 atom stereocenters. The van der Waals surface area contributed by atoms with Gasteiger partial charge >= 0.3 is 11.6 Å². The summed E-state index contributed by atoms with van der Waals surface area (Å²) in [6.45, 7) is 0. The first-order valence-electron chi connectivity index (χ1n) is 5.69. The van der Waals surface area contributed by atoms with Gasteiger partial charge in [-0.25, -0.2) is 0 Å². The summed E-state index contributed by atoms with van der Waals surface area (Å²) in [7, 11) is 0. The van der Waals surface area contributed by atoms with Crippen molar-refractivity contribution in [3.63, 3.8) is 0 Å². The number of nitrogens with two attached hydrogens (primary N) is 1. The van der Waals surface area contributed by atoms with E-state index in [1.165, 1.54) is 17.8 Å². The molecule has 0 aliphatic rings. The molecule has 0 aliphatic heterocycles. The number of nitrogens with zero attached hydrogens (tertiary/aromatic N) is 4. The summed E-state index contributed by atoms with van der Waals surface area (Å²) >= 11 is 4.40. The first-order valence-corrected chi connectivity index (χ1v) is 7.70. The number of benzene rings is 1. The van der Waals surface area contributed by atoms with Gasteiger partial charge in [-0.05, 0) is 24.5 Å². The number of nitro groups is 1. The fourth-order valence-corrected chi connectivity index (χ4v) is 2.40. The van der Waals surface area contributed by atoms with E-state index in [2.05, 4.69) is 25.9 Å². The molecule has 10 heteroatoms. The number of aromatic nitrogens is 2. The van der Waals surface area contributed by atoms with Crippen molar-refractivity contribution in [2.45, 2.75) is 5.16 Å². The molecule has 0 saturated heterocycles. The first-order chi connectivity index (χ1) is 10.4. The van der Waals surface area contributed by atoms with Gasteiger partial charge in [0.15, 0.2) is 5.16 Å². The number of anilines is 1. The molecule has 0 spiro atoms. The maximum Gasteiger partial charge on any atom is 0.373 e. The zero-order valence-electron chi connectivity index (χ0n) is 11.1. The fraction of sp³-hybridized carbons (Fsp3) is 0.0833. The second-order valence-corrected chi connectivity index (χ2v) is 5.58. The molecule has 1 aromatic heterocycles. The van der Waals surface area contributed by atoms with Gasteiger partial charge in [-0.1, -0.05) is 27.7 Å². The molecule has 2 aromatic rings. The van der Waals surface area contributed by atoms with Gasteiger partial charge in [0.25, 0.3) is 0 Å². The van der Waals surface area contributed by atoms with Crippen LogP contribution in [0.15, 0.2) is 27.8 Å². The Hall–Kier alpha value is -2.38. The van der Waals surface area contributed by atoms with Gasteiger partial charge in [0.1, 0.15) is 5.75 Å². The van der Waals surface area contributed by atoms with Gasteiger partial charge in [-0.2, -0.15) is 15.2 Å². The molecule has 1 aromatic carbocycles. The average Bonchev–Trinajstić information content (AvgIpc) is 2.45. The Balaban J connectivity index is 2.53. The number of rotatable bonds is 4. The van der Waals surface area contributed by atoms with Crippen molar-refractivity contribution >= 4 is 39.2 Å². The van der Waals surface area contributed by atoms with E-state index in [1.807, 2.05) is 6.07 Å². The lowest BCUT2D eigenvalue weighted by molar-refractivity contribution is -0.385. The van der Waals surface area contributed by atoms with Crippen LogP contribution in [0.4, 0.5) is 11.5 Å². The molecule has 0 unspecified atom stereocenters. The van der Waals surface area contributed by atoms with Crippen molar-refractivity contribution in [3.05, 3.63) is 38.3 Å². The number of halogens is 1. The van der Waals surface area contributed by atoms with Crippen LogP contribution in [0.3, 0.4) is 0 Å². The van der Waals surface area contributed by atoms with Crippen LogP contribution in [-0.2, 0) is 0 Å². The third-order valence-corrected chi connectivity index (χ3v) is 3.44. The SMILES string of the molecule is CSc1nc(N)c([N+](=O)[O-])c(Oc2cc(Br)cc(C#N)c2)n1. The number of hydrogen-bond donors (Lipinski definition) is 1. The molecule has 0 bridgehead atoms. The highest BCUT2D eigenvalue weighted by atomic mass is 79.9. The lowest BCUT2D eigenvalue weighted by Gasteiger charge is -2.08. The quantitative estimate of drug-likeness (QED) is 0.370. The van der Waals surface area contributed by atoms with Crippen molar-refractivity contribution in [3.8, 4) is 17.7 Å². The van der Waals surface area contributed by atoms with Gasteiger partial charge in [0.05, 0.1) is 16.6 Å². The molecule has 22 heavy (non-hydrogen) atoms. The van der Waals surface area contributed by atoms with Gasteiger partial charge in [0, 0.05) is 4.47 Å². The zero-order valence-corrected chi connectivity index (χ0v) is 13.5. The number of nitrogen functional groups attached to an aromatic ring is 1. The minimum Gasteiger partial charge on any atom is -0.433 e. The van der Waals surface area contributed by atoms with Gasteiger partial charge < -0.3 is 10.5 Å². The Labute approximate surface area is 137 Å². The highest BCUT2D eigenvalue weighted by Crippen LogP contribution is 2.35. The lowest BCUT2D eigenvalue weighted by atomic mass is 10.2. The highest BCUT2D eigenvalue weighted by molar-refractivity contribution is 9.10. The van der Waals surface area contributed by atoms with Gasteiger partial charge in [-0.15, -0.1) is 0 Å². The molecule has 0 radical (unpaired) electrons. The second-order valence-electron chi connectivity index (χ2n) is 3.90. The van der Waals surface area contributed by atoms with E-state index in [9.17, 15) is 10.1 Å². The average molecular weight is 382 g/mol. The van der Waals surface area contributed by atoms with Crippen LogP contribution in [0.25, 0.3) is 0 Å². The van der Waals surface area contributed by atoms with Crippen molar-refractivity contribution < 1.29 is 9.66 Å². The van der Waals surface area contributed by atoms with E-state index in [-0.39, 0.29) is 22.6 Å². The smallest absolute Gasteiger partial charge is 0.373 e. The second kappa shape index (κ2) is 6.59.